The lowest BCUT2D eigenvalue weighted by Crippen LogP contribution is -2.46. The number of sulfonamides is 1. The summed E-state index contributed by atoms with van der Waals surface area (Å²) in [5.41, 5.74) is 1.14. The number of amides is 1. The van der Waals surface area contributed by atoms with Crippen molar-refractivity contribution in [1.29, 1.82) is 0 Å². The molecule has 0 bridgehead atoms. The van der Waals surface area contributed by atoms with Crippen LogP contribution in [0.3, 0.4) is 0 Å². The first-order chi connectivity index (χ1) is 12.5. The van der Waals surface area contributed by atoms with Gasteiger partial charge in [0, 0.05) is 17.6 Å². The van der Waals surface area contributed by atoms with E-state index in [2.05, 4.69) is 21.2 Å². The molecule has 1 aliphatic heterocycles. The molecule has 1 saturated heterocycles. The Labute approximate surface area is 162 Å². The molecule has 2 aromatic carbocycles. The number of benzene rings is 2. The summed E-state index contributed by atoms with van der Waals surface area (Å²) in [6.07, 6.45) is 1.96. The average Bonchev–Trinajstić information content (AvgIpc) is 3.14. The van der Waals surface area contributed by atoms with Crippen molar-refractivity contribution in [1.82, 2.24) is 9.62 Å². The average molecular weight is 437 g/mol. The van der Waals surface area contributed by atoms with E-state index in [0.717, 1.165) is 16.5 Å². The number of rotatable bonds is 6. The Balaban J connectivity index is 1.65. The summed E-state index contributed by atoms with van der Waals surface area (Å²) >= 11 is 3.31. The molecule has 0 radical (unpaired) electrons. The Bertz CT molecular complexity index is 854. The Kier molecular flexibility index (Phi) is 6.11. The predicted octanol–water partition coefficient (Wildman–Crippen LogP) is 2.96. The third kappa shape index (κ3) is 4.34. The minimum Gasteiger partial charge on any atom is -0.354 e. The second-order valence-corrected chi connectivity index (χ2v) is 9.06. The number of nitrogens with zero attached hydrogens (tertiary/aromatic N) is 1. The number of carbonyl (C=O) groups excluding carboxylic acids is 1. The van der Waals surface area contributed by atoms with Gasteiger partial charge in [-0.05, 0) is 49.1 Å². The zero-order chi connectivity index (χ0) is 18.6. The lowest BCUT2D eigenvalue weighted by atomic mass is 10.1. The zero-order valence-corrected chi connectivity index (χ0v) is 16.7. The molecule has 1 heterocycles. The van der Waals surface area contributed by atoms with Crippen molar-refractivity contribution in [3.05, 3.63) is 64.6 Å². The first-order valence-corrected chi connectivity index (χ1v) is 10.8. The highest BCUT2D eigenvalue weighted by molar-refractivity contribution is 9.10. The number of carbonyl (C=O) groups is 1. The van der Waals surface area contributed by atoms with Crippen LogP contribution in [0.2, 0.25) is 0 Å². The van der Waals surface area contributed by atoms with Crippen LogP contribution in [0.5, 0.6) is 0 Å². The van der Waals surface area contributed by atoms with E-state index in [-0.39, 0.29) is 10.8 Å². The summed E-state index contributed by atoms with van der Waals surface area (Å²) in [7, 11) is -3.68. The predicted molar refractivity (Wildman–Crippen MR) is 104 cm³/mol. The Morgan fingerprint density at radius 1 is 1.12 bits per heavy atom. The molecule has 138 valence electrons. The molecule has 3 rings (SSSR count). The van der Waals surface area contributed by atoms with Gasteiger partial charge in [-0.25, -0.2) is 8.42 Å². The molecule has 1 aliphatic rings. The van der Waals surface area contributed by atoms with Crippen molar-refractivity contribution in [3.63, 3.8) is 0 Å². The van der Waals surface area contributed by atoms with Gasteiger partial charge in [0.2, 0.25) is 15.9 Å². The first kappa shape index (κ1) is 19.1. The van der Waals surface area contributed by atoms with Crippen molar-refractivity contribution in [3.8, 4) is 0 Å². The molecule has 0 spiro atoms. The second kappa shape index (κ2) is 8.33. The van der Waals surface area contributed by atoms with Crippen LogP contribution in [-0.2, 0) is 21.2 Å². The van der Waals surface area contributed by atoms with Crippen molar-refractivity contribution < 1.29 is 13.2 Å². The quantitative estimate of drug-likeness (QED) is 0.756. The standard InChI is InChI=1S/C19H21BrN2O3S/c20-16-8-10-17(11-9-16)26(24,25)22-14-4-7-18(22)19(23)21-13-12-15-5-2-1-3-6-15/h1-3,5-6,8-11,18H,4,7,12-14H2,(H,21,23). The Morgan fingerprint density at radius 2 is 1.81 bits per heavy atom. The zero-order valence-electron chi connectivity index (χ0n) is 14.3. The largest absolute Gasteiger partial charge is 0.354 e. The first-order valence-electron chi connectivity index (χ1n) is 8.57. The number of hydrogen-bond acceptors (Lipinski definition) is 3. The van der Waals surface area contributed by atoms with E-state index in [4.69, 9.17) is 0 Å². The van der Waals surface area contributed by atoms with Crippen LogP contribution in [-0.4, -0.2) is 37.8 Å². The molecule has 1 amide bonds. The minimum absolute atomic E-state index is 0.213. The van der Waals surface area contributed by atoms with Crippen LogP contribution in [0.4, 0.5) is 0 Å². The van der Waals surface area contributed by atoms with E-state index in [1.165, 1.54) is 4.31 Å². The molecule has 0 saturated carbocycles. The topological polar surface area (TPSA) is 66.5 Å². The van der Waals surface area contributed by atoms with Crippen molar-refractivity contribution in [2.45, 2.75) is 30.2 Å². The third-order valence-corrected chi connectivity index (χ3v) is 6.93. The van der Waals surface area contributed by atoms with E-state index in [9.17, 15) is 13.2 Å². The fourth-order valence-electron chi connectivity index (χ4n) is 3.12. The fourth-order valence-corrected chi connectivity index (χ4v) is 5.05. The second-order valence-electron chi connectivity index (χ2n) is 6.25. The van der Waals surface area contributed by atoms with Crippen LogP contribution < -0.4 is 5.32 Å². The van der Waals surface area contributed by atoms with Gasteiger partial charge in [-0.3, -0.25) is 4.79 Å². The van der Waals surface area contributed by atoms with Crippen LogP contribution in [0.1, 0.15) is 18.4 Å². The smallest absolute Gasteiger partial charge is 0.243 e. The van der Waals surface area contributed by atoms with Gasteiger partial charge in [-0.1, -0.05) is 46.3 Å². The molecule has 0 aliphatic carbocycles. The number of halogens is 1. The van der Waals surface area contributed by atoms with Gasteiger partial charge in [0.1, 0.15) is 6.04 Å². The summed E-state index contributed by atoms with van der Waals surface area (Å²) < 4.78 is 27.9. The number of hydrogen-bond donors (Lipinski definition) is 1. The van der Waals surface area contributed by atoms with Gasteiger partial charge >= 0.3 is 0 Å². The lowest BCUT2D eigenvalue weighted by Gasteiger charge is -2.23. The maximum Gasteiger partial charge on any atom is 0.243 e. The SMILES string of the molecule is O=C(NCCc1ccccc1)C1CCCN1S(=O)(=O)c1ccc(Br)cc1. The van der Waals surface area contributed by atoms with Crippen LogP contribution in [0.25, 0.3) is 0 Å². The van der Waals surface area contributed by atoms with E-state index in [0.29, 0.717) is 25.9 Å². The van der Waals surface area contributed by atoms with Crippen LogP contribution >= 0.6 is 15.9 Å². The van der Waals surface area contributed by atoms with Crippen LogP contribution in [0.15, 0.2) is 64.0 Å². The molecule has 1 atom stereocenters. The van der Waals surface area contributed by atoms with E-state index >= 15 is 0 Å². The van der Waals surface area contributed by atoms with Gasteiger partial charge in [-0.2, -0.15) is 4.31 Å². The molecule has 5 nitrogen and oxygen atoms in total. The lowest BCUT2D eigenvalue weighted by molar-refractivity contribution is -0.124. The fraction of sp³-hybridized carbons (Fsp3) is 0.316. The van der Waals surface area contributed by atoms with Crippen molar-refractivity contribution in [2.75, 3.05) is 13.1 Å². The van der Waals surface area contributed by atoms with Gasteiger partial charge in [0.25, 0.3) is 0 Å². The summed E-state index contributed by atoms with van der Waals surface area (Å²) in [5.74, 6) is -0.223. The number of nitrogens with one attached hydrogen (secondary N) is 1. The highest BCUT2D eigenvalue weighted by atomic mass is 79.9. The van der Waals surface area contributed by atoms with Gasteiger partial charge in [0.15, 0.2) is 0 Å². The molecule has 7 heteroatoms. The maximum atomic E-state index is 12.9. The third-order valence-electron chi connectivity index (χ3n) is 4.48. The van der Waals surface area contributed by atoms with Crippen LogP contribution in [0, 0.1) is 0 Å². The summed E-state index contributed by atoms with van der Waals surface area (Å²) in [4.78, 5) is 12.8. The molecular weight excluding hydrogens is 416 g/mol. The highest BCUT2D eigenvalue weighted by Gasteiger charge is 2.39. The summed E-state index contributed by atoms with van der Waals surface area (Å²) in [5, 5.41) is 2.88. The monoisotopic (exact) mass is 436 g/mol. The highest BCUT2D eigenvalue weighted by Crippen LogP contribution is 2.27. The van der Waals surface area contributed by atoms with Gasteiger partial charge < -0.3 is 5.32 Å². The van der Waals surface area contributed by atoms with Crippen molar-refractivity contribution in [2.24, 2.45) is 0 Å². The molecule has 26 heavy (non-hydrogen) atoms. The molecule has 0 aromatic heterocycles. The molecule has 1 fully saturated rings. The normalized spacial score (nSPS) is 18.0. The maximum absolute atomic E-state index is 12.9. The van der Waals surface area contributed by atoms with E-state index in [1.54, 1.807) is 24.3 Å². The van der Waals surface area contributed by atoms with E-state index in [1.807, 2.05) is 30.3 Å². The molecular formula is C19H21BrN2O3S. The van der Waals surface area contributed by atoms with Crippen molar-refractivity contribution >= 4 is 31.9 Å². The van der Waals surface area contributed by atoms with E-state index < -0.39 is 16.1 Å². The molecule has 1 N–H and O–H groups in total. The Morgan fingerprint density at radius 3 is 2.50 bits per heavy atom. The minimum atomic E-state index is -3.68. The van der Waals surface area contributed by atoms with Gasteiger partial charge in [0.05, 0.1) is 4.90 Å². The molecule has 1 unspecified atom stereocenters. The Hall–Kier alpha value is -1.70. The summed E-state index contributed by atoms with van der Waals surface area (Å²) in [6.45, 7) is 0.862. The molecule has 2 aromatic rings. The van der Waals surface area contributed by atoms with Gasteiger partial charge in [-0.15, -0.1) is 0 Å². The summed E-state index contributed by atoms with van der Waals surface area (Å²) in [6, 6.07) is 15.7.